The van der Waals surface area contributed by atoms with Gasteiger partial charge >= 0.3 is 0 Å². The van der Waals surface area contributed by atoms with E-state index in [0.717, 1.165) is 6.42 Å². The number of rotatable bonds is 4. The molecule has 72 valence electrons. The Morgan fingerprint density at radius 2 is 2.00 bits per heavy atom. The fourth-order valence-corrected chi connectivity index (χ4v) is 1.11. The van der Waals surface area contributed by atoms with Gasteiger partial charge in [0.2, 0.25) is 0 Å². The maximum atomic E-state index is 3.66. The third-order valence-corrected chi connectivity index (χ3v) is 1.47. The van der Waals surface area contributed by atoms with Gasteiger partial charge in [-0.25, -0.2) is 0 Å². The Morgan fingerprint density at radius 1 is 1.38 bits per heavy atom. The normalized spacial score (nSPS) is 10.2. The molecule has 0 saturated heterocycles. The van der Waals surface area contributed by atoms with Crippen LogP contribution in [0, 0.1) is 5.92 Å². The number of allylic oxidation sites excluding steroid dienone is 4. The van der Waals surface area contributed by atoms with Gasteiger partial charge in [-0.05, 0) is 37.3 Å². The van der Waals surface area contributed by atoms with Gasteiger partial charge in [-0.2, -0.15) is 0 Å². The summed E-state index contributed by atoms with van der Waals surface area (Å²) in [4.78, 5) is 0. The first kappa shape index (κ1) is 12.0. The quantitative estimate of drug-likeness (QED) is 0.443. The van der Waals surface area contributed by atoms with Crippen molar-refractivity contribution in [2.75, 3.05) is 0 Å². The summed E-state index contributed by atoms with van der Waals surface area (Å²) in [6.07, 6.45) is 6.93. The minimum atomic E-state index is 0.677. The summed E-state index contributed by atoms with van der Waals surface area (Å²) in [6, 6.07) is 0. The molecule has 0 spiro atoms. The number of hydrogen-bond donors (Lipinski definition) is 0. The SMILES string of the molecule is C=C/C=C/C(=C=C(C)C)CC(C)C. The first-order valence-electron chi connectivity index (χ1n) is 4.78. The molecule has 0 aliphatic rings. The Balaban J connectivity index is 4.66. The van der Waals surface area contributed by atoms with Crippen LogP contribution in [0.5, 0.6) is 0 Å². The van der Waals surface area contributed by atoms with Gasteiger partial charge < -0.3 is 0 Å². The Bertz CT molecular complexity index is 241. The molecular weight excluding hydrogens is 156 g/mol. The highest BCUT2D eigenvalue weighted by molar-refractivity contribution is 5.22. The third-order valence-electron chi connectivity index (χ3n) is 1.47. The van der Waals surface area contributed by atoms with E-state index in [9.17, 15) is 0 Å². The molecule has 0 heterocycles. The standard InChI is InChI=1S/C13H20/c1-6-7-8-13(9-11(2)3)10-12(4)5/h6-8,11H,1,9H2,2-5H3/b8-7+. The molecule has 0 aromatic heterocycles. The van der Waals surface area contributed by atoms with E-state index in [1.54, 1.807) is 6.08 Å². The predicted molar refractivity (Wildman–Crippen MR) is 60.7 cm³/mol. The molecule has 0 nitrogen and oxygen atoms in total. The average molecular weight is 176 g/mol. The molecule has 0 atom stereocenters. The van der Waals surface area contributed by atoms with Crippen molar-refractivity contribution in [3.8, 4) is 0 Å². The second-order valence-electron chi connectivity index (χ2n) is 3.84. The Kier molecular flexibility index (Phi) is 6.01. The van der Waals surface area contributed by atoms with Crippen LogP contribution in [0.15, 0.2) is 41.7 Å². The maximum absolute atomic E-state index is 3.66. The van der Waals surface area contributed by atoms with Crippen molar-refractivity contribution in [1.29, 1.82) is 0 Å². The first-order chi connectivity index (χ1) is 6.06. The topological polar surface area (TPSA) is 0 Å². The van der Waals surface area contributed by atoms with E-state index in [0.29, 0.717) is 5.92 Å². The van der Waals surface area contributed by atoms with Crippen LogP contribution in [-0.4, -0.2) is 0 Å². The van der Waals surface area contributed by atoms with Crippen molar-refractivity contribution in [2.45, 2.75) is 34.1 Å². The van der Waals surface area contributed by atoms with Crippen LogP contribution < -0.4 is 0 Å². The molecule has 0 aliphatic heterocycles. The van der Waals surface area contributed by atoms with E-state index in [2.05, 4.69) is 46.1 Å². The van der Waals surface area contributed by atoms with Crippen molar-refractivity contribution < 1.29 is 0 Å². The molecule has 0 bridgehead atoms. The van der Waals surface area contributed by atoms with Gasteiger partial charge in [0, 0.05) is 0 Å². The van der Waals surface area contributed by atoms with E-state index < -0.39 is 0 Å². The highest BCUT2D eigenvalue weighted by Crippen LogP contribution is 2.11. The van der Waals surface area contributed by atoms with Crippen LogP contribution >= 0.6 is 0 Å². The number of hydrogen-bond acceptors (Lipinski definition) is 0. The van der Waals surface area contributed by atoms with Gasteiger partial charge in [0.15, 0.2) is 0 Å². The molecule has 0 rings (SSSR count). The van der Waals surface area contributed by atoms with Crippen LogP contribution in [0.3, 0.4) is 0 Å². The molecule has 0 aromatic carbocycles. The fraction of sp³-hybridized carbons (Fsp3) is 0.462. The molecule has 0 unspecified atom stereocenters. The summed E-state index contributed by atoms with van der Waals surface area (Å²) in [6.45, 7) is 12.2. The lowest BCUT2D eigenvalue weighted by molar-refractivity contribution is 0.650. The third kappa shape index (κ3) is 7.36. The molecule has 13 heavy (non-hydrogen) atoms. The zero-order valence-corrected chi connectivity index (χ0v) is 9.22. The predicted octanol–water partition coefficient (Wildman–Crippen LogP) is 4.27. The van der Waals surface area contributed by atoms with Crippen LogP contribution in [-0.2, 0) is 0 Å². The van der Waals surface area contributed by atoms with E-state index in [1.807, 2.05) is 6.08 Å². The van der Waals surface area contributed by atoms with Crippen molar-refractivity contribution in [1.82, 2.24) is 0 Å². The molecule has 0 saturated carbocycles. The smallest absolute Gasteiger partial charge is 0.00585 e. The zero-order valence-electron chi connectivity index (χ0n) is 9.22. The largest absolute Gasteiger partial charge is 0.119 e. The zero-order chi connectivity index (χ0) is 10.3. The summed E-state index contributed by atoms with van der Waals surface area (Å²) in [5.74, 6) is 0.677. The maximum Gasteiger partial charge on any atom is -0.00585 e. The fourth-order valence-electron chi connectivity index (χ4n) is 1.11. The van der Waals surface area contributed by atoms with E-state index in [1.165, 1.54) is 11.1 Å². The second-order valence-corrected chi connectivity index (χ2v) is 3.84. The Morgan fingerprint density at radius 3 is 2.38 bits per heavy atom. The van der Waals surface area contributed by atoms with Crippen LogP contribution in [0.4, 0.5) is 0 Å². The molecule has 0 aromatic rings. The highest BCUT2D eigenvalue weighted by atomic mass is 14.0. The molecule has 0 aliphatic carbocycles. The summed E-state index contributed by atoms with van der Waals surface area (Å²) < 4.78 is 0. The van der Waals surface area contributed by atoms with Gasteiger partial charge in [-0.15, -0.1) is 5.73 Å². The van der Waals surface area contributed by atoms with Gasteiger partial charge in [-0.1, -0.05) is 38.7 Å². The van der Waals surface area contributed by atoms with Crippen LogP contribution in [0.1, 0.15) is 34.1 Å². The van der Waals surface area contributed by atoms with Gasteiger partial charge in [-0.3, -0.25) is 0 Å². The molecule has 0 fully saturated rings. The van der Waals surface area contributed by atoms with Gasteiger partial charge in [0.1, 0.15) is 0 Å². The minimum absolute atomic E-state index is 0.677. The van der Waals surface area contributed by atoms with Crippen molar-refractivity contribution >= 4 is 0 Å². The van der Waals surface area contributed by atoms with E-state index in [-0.39, 0.29) is 0 Å². The van der Waals surface area contributed by atoms with Crippen molar-refractivity contribution in [3.63, 3.8) is 0 Å². The highest BCUT2D eigenvalue weighted by Gasteiger charge is 1.96. The average Bonchev–Trinajstić information content (AvgIpc) is 1.98. The van der Waals surface area contributed by atoms with Crippen LogP contribution in [0.25, 0.3) is 0 Å². The molecule has 0 radical (unpaired) electrons. The van der Waals surface area contributed by atoms with E-state index in [4.69, 9.17) is 0 Å². The lowest BCUT2D eigenvalue weighted by Gasteiger charge is -2.02. The minimum Gasteiger partial charge on any atom is -0.119 e. The van der Waals surface area contributed by atoms with Crippen molar-refractivity contribution in [2.24, 2.45) is 5.92 Å². The Labute approximate surface area is 82.4 Å². The summed E-state index contributed by atoms with van der Waals surface area (Å²) >= 11 is 0. The Hall–Kier alpha value is -1.00. The molecule has 0 heteroatoms. The van der Waals surface area contributed by atoms with Crippen molar-refractivity contribution in [3.05, 3.63) is 41.7 Å². The molecule has 0 N–H and O–H groups in total. The lowest BCUT2D eigenvalue weighted by atomic mass is 10.0. The van der Waals surface area contributed by atoms with Crippen LogP contribution in [0.2, 0.25) is 0 Å². The molecule has 0 amide bonds. The summed E-state index contributed by atoms with van der Waals surface area (Å²) in [7, 11) is 0. The lowest BCUT2D eigenvalue weighted by Crippen LogP contribution is -1.88. The van der Waals surface area contributed by atoms with Gasteiger partial charge in [0.05, 0.1) is 0 Å². The summed E-state index contributed by atoms with van der Waals surface area (Å²) in [5.41, 5.74) is 5.83. The van der Waals surface area contributed by atoms with E-state index >= 15 is 0 Å². The molecular formula is C13H20. The summed E-state index contributed by atoms with van der Waals surface area (Å²) in [5, 5.41) is 0. The van der Waals surface area contributed by atoms with Gasteiger partial charge in [0.25, 0.3) is 0 Å². The second kappa shape index (κ2) is 6.51. The monoisotopic (exact) mass is 176 g/mol. The first-order valence-corrected chi connectivity index (χ1v) is 4.78.